The number of halogens is 1. The van der Waals surface area contributed by atoms with Crippen molar-refractivity contribution < 1.29 is 19.7 Å². The number of nitrogens with one attached hydrogen (secondary N) is 2. The van der Waals surface area contributed by atoms with Crippen molar-refractivity contribution in [1.29, 1.82) is 0 Å². The van der Waals surface area contributed by atoms with Crippen LogP contribution in [0.25, 0.3) is 0 Å². The van der Waals surface area contributed by atoms with E-state index in [0.717, 1.165) is 32.1 Å². The number of amides is 2. The van der Waals surface area contributed by atoms with Crippen LogP contribution in [0.5, 0.6) is 0 Å². The Morgan fingerprint density at radius 2 is 2.00 bits per heavy atom. The van der Waals surface area contributed by atoms with Gasteiger partial charge in [0.15, 0.2) is 0 Å². The average Bonchev–Trinajstić information content (AvgIpc) is 3.45. The molecular formula is C22H30ClN5O4. The lowest BCUT2D eigenvalue weighted by molar-refractivity contribution is -0.0905. The van der Waals surface area contributed by atoms with E-state index < -0.39 is 11.7 Å². The van der Waals surface area contributed by atoms with E-state index in [0.29, 0.717) is 35.8 Å². The van der Waals surface area contributed by atoms with Gasteiger partial charge in [0, 0.05) is 17.3 Å². The smallest absolute Gasteiger partial charge is 0.319 e. The van der Waals surface area contributed by atoms with E-state index >= 15 is 0 Å². The lowest BCUT2D eigenvalue weighted by Gasteiger charge is -2.36. The van der Waals surface area contributed by atoms with Crippen molar-refractivity contribution in [2.75, 3.05) is 11.9 Å². The first-order valence-electron chi connectivity index (χ1n) is 11.2. The number of aromatic nitrogens is 3. The maximum atomic E-state index is 12.3. The van der Waals surface area contributed by atoms with Crippen LogP contribution in [-0.2, 0) is 16.9 Å². The van der Waals surface area contributed by atoms with Gasteiger partial charge in [-0.2, -0.15) is 0 Å². The molecule has 1 saturated heterocycles. The number of carbonyl (C=O) groups excluding carboxylic acids is 1. The summed E-state index contributed by atoms with van der Waals surface area (Å²) in [5.74, 6) is 0. The number of nitrogens with zero attached hydrogens (tertiary/aromatic N) is 3. The molecule has 32 heavy (non-hydrogen) atoms. The number of rotatable bonds is 7. The lowest BCUT2D eigenvalue weighted by atomic mass is 9.97. The number of aliphatic hydroxyl groups excluding tert-OH is 1. The van der Waals surface area contributed by atoms with Gasteiger partial charge in [-0.25, -0.2) is 4.79 Å². The standard InChI is InChI=1S/C22H30ClN5O4/c23-15-3-5-16(6-4-15)24-21(30)25-18-8-7-17(32-19(18)14-29)9-12-28-13-20(26-27-28)22(31)10-1-2-11-22/h3-6,13,17-19,29,31H,1-2,7-12,14H2,(H2,24,25,30)/t17-,18-,19+/m0/s1. The van der Waals surface area contributed by atoms with Gasteiger partial charge in [-0.3, -0.25) is 4.68 Å². The molecule has 4 N–H and O–H groups in total. The van der Waals surface area contributed by atoms with Crippen molar-refractivity contribution in [3.05, 3.63) is 41.2 Å². The van der Waals surface area contributed by atoms with Crippen LogP contribution in [0.15, 0.2) is 30.5 Å². The average molecular weight is 464 g/mol. The van der Waals surface area contributed by atoms with Gasteiger partial charge in [0.1, 0.15) is 17.4 Å². The highest BCUT2D eigenvalue weighted by Crippen LogP contribution is 2.37. The fraction of sp³-hybridized carbons (Fsp3) is 0.591. The zero-order chi connectivity index (χ0) is 22.6. The van der Waals surface area contributed by atoms with Gasteiger partial charge in [-0.15, -0.1) is 5.10 Å². The van der Waals surface area contributed by atoms with E-state index in [9.17, 15) is 15.0 Å². The number of urea groups is 1. The number of hydrogen-bond donors (Lipinski definition) is 4. The molecule has 2 aromatic rings. The summed E-state index contributed by atoms with van der Waals surface area (Å²) < 4.78 is 7.79. The Bertz CT molecular complexity index is 900. The minimum atomic E-state index is -0.840. The number of hydrogen-bond acceptors (Lipinski definition) is 6. The summed E-state index contributed by atoms with van der Waals surface area (Å²) >= 11 is 5.86. The van der Waals surface area contributed by atoms with Crippen molar-refractivity contribution in [2.24, 2.45) is 0 Å². The monoisotopic (exact) mass is 463 g/mol. The maximum Gasteiger partial charge on any atom is 0.319 e. The summed E-state index contributed by atoms with van der Waals surface area (Å²) in [6.07, 6.45) is 6.95. The van der Waals surface area contributed by atoms with Crippen molar-refractivity contribution in [3.63, 3.8) is 0 Å². The minimum Gasteiger partial charge on any atom is -0.394 e. The van der Waals surface area contributed by atoms with E-state index in [4.69, 9.17) is 16.3 Å². The molecule has 1 aromatic carbocycles. The van der Waals surface area contributed by atoms with Gasteiger partial charge in [-0.1, -0.05) is 29.7 Å². The largest absolute Gasteiger partial charge is 0.394 e. The van der Waals surface area contributed by atoms with E-state index in [1.54, 1.807) is 28.9 Å². The molecule has 1 aliphatic carbocycles. The Balaban J connectivity index is 1.25. The Kier molecular flexibility index (Phi) is 7.30. The number of aliphatic hydroxyl groups is 2. The fourth-order valence-corrected chi connectivity index (χ4v) is 4.62. The first-order valence-corrected chi connectivity index (χ1v) is 11.6. The molecule has 1 saturated carbocycles. The van der Waals surface area contributed by atoms with Crippen LogP contribution in [0.4, 0.5) is 10.5 Å². The molecule has 1 aliphatic heterocycles. The molecule has 10 heteroatoms. The predicted molar refractivity (Wildman–Crippen MR) is 119 cm³/mol. The Labute approximate surface area is 192 Å². The predicted octanol–water partition coefficient (Wildman–Crippen LogP) is 2.81. The van der Waals surface area contributed by atoms with E-state index in [-0.39, 0.29) is 24.8 Å². The minimum absolute atomic E-state index is 0.0493. The van der Waals surface area contributed by atoms with Gasteiger partial charge < -0.3 is 25.6 Å². The summed E-state index contributed by atoms with van der Waals surface area (Å²) in [6, 6.07) is 6.22. The first-order chi connectivity index (χ1) is 15.4. The first kappa shape index (κ1) is 23.0. The highest BCUT2D eigenvalue weighted by atomic mass is 35.5. The zero-order valence-corrected chi connectivity index (χ0v) is 18.7. The van der Waals surface area contributed by atoms with Crippen molar-refractivity contribution >= 4 is 23.3 Å². The molecule has 2 heterocycles. The second-order valence-electron chi connectivity index (χ2n) is 8.66. The molecule has 2 amide bonds. The highest BCUT2D eigenvalue weighted by molar-refractivity contribution is 6.30. The van der Waals surface area contributed by atoms with E-state index in [1.807, 2.05) is 6.20 Å². The van der Waals surface area contributed by atoms with E-state index in [1.165, 1.54) is 0 Å². The molecule has 0 unspecified atom stereocenters. The normalized spacial score (nSPS) is 24.9. The molecule has 2 fully saturated rings. The third-order valence-corrected chi connectivity index (χ3v) is 6.59. The summed E-state index contributed by atoms with van der Waals surface area (Å²) in [5.41, 5.74) is 0.438. The zero-order valence-electron chi connectivity index (χ0n) is 17.9. The Morgan fingerprint density at radius 1 is 1.25 bits per heavy atom. The molecule has 0 bridgehead atoms. The third-order valence-electron chi connectivity index (χ3n) is 6.34. The van der Waals surface area contributed by atoms with Crippen LogP contribution in [-0.4, -0.2) is 56.1 Å². The quantitative estimate of drug-likeness (QED) is 0.501. The second-order valence-corrected chi connectivity index (χ2v) is 9.10. The Hall–Kier alpha value is -2.20. The van der Waals surface area contributed by atoms with Gasteiger partial charge >= 0.3 is 6.03 Å². The molecule has 0 radical (unpaired) electrons. The van der Waals surface area contributed by atoms with Crippen LogP contribution in [0.2, 0.25) is 5.02 Å². The molecule has 9 nitrogen and oxygen atoms in total. The van der Waals surface area contributed by atoms with E-state index in [2.05, 4.69) is 20.9 Å². The van der Waals surface area contributed by atoms with Crippen LogP contribution >= 0.6 is 11.6 Å². The molecule has 3 atom stereocenters. The van der Waals surface area contributed by atoms with Gasteiger partial charge in [0.25, 0.3) is 0 Å². The van der Waals surface area contributed by atoms with Gasteiger partial charge in [0.2, 0.25) is 0 Å². The van der Waals surface area contributed by atoms with Crippen LogP contribution < -0.4 is 10.6 Å². The second kappa shape index (κ2) is 10.2. The lowest BCUT2D eigenvalue weighted by Crippen LogP contribution is -2.52. The Morgan fingerprint density at radius 3 is 2.72 bits per heavy atom. The van der Waals surface area contributed by atoms with Crippen LogP contribution in [0.3, 0.4) is 0 Å². The molecule has 4 rings (SSSR count). The highest BCUT2D eigenvalue weighted by Gasteiger charge is 2.36. The van der Waals surface area contributed by atoms with Gasteiger partial charge in [0.05, 0.1) is 24.9 Å². The SMILES string of the molecule is O=C(Nc1ccc(Cl)cc1)N[C@H]1CC[C@@H](CCn2cc(C3(O)CCCC3)nn2)O[C@@H]1CO. The summed E-state index contributed by atoms with van der Waals surface area (Å²) in [4.78, 5) is 12.3. The molecule has 174 valence electrons. The summed E-state index contributed by atoms with van der Waals surface area (Å²) in [5, 5.41) is 35.0. The number of benzene rings is 1. The molecule has 2 aliphatic rings. The van der Waals surface area contributed by atoms with Crippen molar-refractivity contribution in [2.45, 2.75) is 75.3 Å². The summed E-state index contributed by atoms with van der Waals surface area (Å²) in [7, 11) is 0. The molecular weight excluding hydrogens is 434 g/mol. The topological polar surface area (TPSA) is 122 Å². The number of carbonyl (C=O) groups is 1. The van der Waals surface area contributed by atoms with Crippen LogP contribution in [0.1, 0.15) is 50.6 Å². The fourth-order valence-electron chi connectivity index (χ4n) is 4.49. The summed E-state index contributed by atoms with van der Waals surface area (Å²) in [6.45, 7) is 0.434. The third kappa shape index (κ3) is 5.58. The number of ether oxygens (including phenoxy) is 1. The number of aryl methyl sites for hydroxylation is 1. The molecule has 1 aromatic heterocycles. The number of anilines is 1. The van der Waals surface area contributed by atoms with Gasteiger partial charge in [-0.05, 0) is 56.4 Å². The maximum absolute atomic E-state index is 12.3. The van der Waals surface area contributed by atoms with Crippen molar-refractivity contribution in [3.8, 4) is 0 Å². The van der Waals surface area contributed by atoms with Crippen molar-refractivity contribution in [1.82, 2.24) is 20.3 Å². The molecule has 0 spiro atoms. The van der Waals surface area contributed by atoms with Crippen LogP contribution in [0, 0.1) is 0 Å².